The number of carbonyl (C=O) groups is 2. The summed E-state index contributed by atoms with van der Waals surface area (Å²) in [6, 6.07) is 1.99. The average molecular weight is 283 g/mol. The highest BCUT2D eigenvalue weighted by molar-refractivity contribution is 7.98. The number of nitrogens with zero attached hydrogens (tertiary/aromatic N) is 1. The number of aryl methyl sites for hydroxylation is 1. The van der Waals surface area contributed by atoms with Crippen molar-refractivity contribution in [1.29, 1.82) is 0 Å². The van der Waals surface area contributed by atoms with Crippen LogP contribution in [-0.2, 0) is 4.79 Å². The largest absolute Gasteiger partial charge is 0.480 e. The molecule has 1 aromatic rings. The average Bonchev–Trinajstić information content (AvgIpc) is 2.37. The van der Waals surface area contributed by atoms with E-state index in [0.717, 1.165) is 0 Å². The van der Waals surface area contributed by atoms with Crippen molar-refractivity contribution in [3.8, 4) is 0 Å². The molecule has 0 saturated carbocycles. The van der Waals surface area contributed by atoms with E-state index in [1.807, 2.05) is 6.26 Å². The van der Waals surface area contributed by atoms with Gasteiger partial charge in [-0.25, -0.2) is 9.59 Å². The van der Waals surface area contributed by atoms with Gasteiger partial charge in [0, 0.05) is 6.20 Å². The monoisotopic (exact) mass is 283 g/mol. The number of hydrogen-bond donors (Lipinski definition) is 3. The van der Waals surface area contributed by atoms with Gasteiger partial charge >= 0.3 is 12.0 Å². The second-order valence-electron chi connectivity index (χ2n) is 3.91. The zero-order chi connectivity index (χ0) is 14.3. The van der Waals surface area contributed by atoms with Crippen molar-refractivity contribution in [2.45, 2.75) is 19.4 Å². The van der Waals surface area contributed by atoms with E-state index in [1.165, 1.54) is 11.8 Å². The van der Waals surface area contributed by atoms with Gasteiger partial charge in [-0.05, 0) is 37.5 Å². The van der Waals surface area contributed by atoms with Crippen LogP contribution in [0.1, 0.15) is 12.1 Å². The van der Waals surface area contributed by atoms with Crippen LogP contribution in [0.4, 0.5) is 10.5 Å². The first-order valence-corrected chi connectivity index (χ1v) is 7.15. The lowest BCUT2D eigenvalue weighted by Gasteiger charge is -2.15. The predicted octanol–water partition coefficient (Wildman–Crippen LogP) is 1.72. The minimum Gasteiger partial charge on any atom is -0.480 e. The SMILES string of the molecule is CSCC[C@@H](NC(=O)Nc1cccnc1C)C(=O)O. The summed E-state index contributed by atoms with van der Waals surface area (Å²) in [6.07, 6.45) is 3.89. The molecule has 19 heavy (non-hydrogen) atoms. The number of amides is 2. The van der Waals surface area contributed by atoms with Gasteiger partial charge < -0.3 is 15.7 Å². The molecule has 0 radical (unpaired) electrons. The van der Waals surface area contributed by atoms with Gasteiger partial charge in [0.05, 0.1) is 11.4 Å². The van der Waals surface area contributed by atoms with Crippen LogP contribution in [0.15, 0.2) is 18.3 Å². The molecule has 6 nitrogen and oxygen atoms in total. The number of urea groups is 1. The fourth-order valence-electron chi connectivity index (χ4n) is 1.43. The number of anilines is 1. The van der Waals surface area contributed by atoms with E-state index < -0.39 is 18.0 Å². The van der Waals surface area contributed by atoms with E-state index >= 15 is 0 Å². The molecule has 0 saturated heterocycles. The molecule has 1 aromatic heterocycles. The molecule has 1 rings (SSSR count). The molecule has 1 heterocycles. The molecule has 3 N–H and O–H groups in total. The van der Waals surface area contributed by atoms with Crippen molar-refractivity contribution >= 4 is 29.4 Å². The molecule has 2 amide bonds. The summed E-state index contributed by atoms with van der Waals surface area (Å²) in [7, 11) is 0. The molecule has 0 bridgehead atoms. The van der Waals surface area contributed by atoms with Crippen molar-refractivity contribution in [1.82, 2.24) is 10.3 Å². The molecular weight excluding hydrogens is 266 g/mol. The highest BCUT2D eigenvalue weighted by atomic mass is 32.2. The van der Waals surface area contributed by atoms with Crippen LogP contribution in [-0.4, -0.2) is 40.1 Å². The van der Waals surface area contributed by atoms with Crippen molar-refractivity contribution in [3.63, 3.8) is 0 Å². The third-order valence-electron chi connectivity index (χ3n) is 2.47. The van der Waals surface area contributed by atoms with Gasteiger partial charge in [0.15, 0.2) is 0 Å². The van der Waals surface area contributed by atoms with Crippen LogP contribution in [0.5, 0.6) is 0 Å². The first-order chi connectivity index (χ1) is 9.04. The van der Waals surface area contributed by atoms with E-state index in [1.54, 1.807) is 25.3 Å². The van der Waals surface area contributed by atoms with Gasteiger partial charge in [-0.3, -0.25) is 4.98 Å². The van der Waals surface area contributed by atoms with Crippen LogP contribution in [0.25, 0.3) is 0 Å². The van der Waals surface area contributed by atoms with Gasteiger partial charge in [0.2, 0.25) is 0 Å². The summed E-state index contributed by atoms with van der Waals surface area (Å²) >= 11 is 1.54. The Bertz CT molecular complexity index is 454. The first-order valence-electron chi connectivity index (χ1n) is 5.75. The second kappa shape index (κ2) is 7.63. The van der Waals surface area contributed by atoms with Gasteiger partial charge in [-0.15, -0.1) is 0 Å². The molecule has 104 valence electrons. The topological polar surface area (TPSA) is 91.3 Å². The van der Waals surface area contributed by atoms with Gasteiger partial charge in [0.1, 0.15) is 6.04 Å². The Labute approximate surface area is 116 Å². The molecule has 0 aliphatic heterocycles. The fraction of sp³-hybridized carbons (Fsp3) is 0.417. The lowest BCUT2D eigenvalue weighted by Crippen LogP contribution is -2.43. The maximum Gasteiger partial charge on any atom is 0.326 e. The Balaban J connectivity index is 2.58. The Hall–Kier alpha value is -1.76. The number of carboxylic acids is 1. The first kappa shape index (κ1) is 15.3. The minimum atomic E-state index is -1.04. The standard InChI is InChI=1S/C12H17N3O3S/c1-8-9(4-3-6-13-8)14-12(18)15-10(11(16)17)5-7-19-2/h3-4,6,10H,5,7H2,1-2H3,(H,16,17)(H2,14,15,18)/t10-/m1/s1. The minimum absolute atomic E-state index is 0.385. The molecule has 7 heteroatoms. The van der Waals surface area contributed by atoms with Gasteiger partial charge in [-0.1, -0.05) is 0 Å². The molecule has 0 unspecified atom stereocenters. The highest BCUT2D eigenvalue weighted by Gasteiger charge is 2.19. The second-order valence-corrected chi connectivity index (χ2v) is 4.89. The summed E-state index contributed by atoms with van der Waals surface area (Å²) in [6.45, 7) is 1.76. The number of hydrogen-bond acceptors (Lipinski definition) is 4. The van der Waals surface area contributed by atoms with E-state index in [4.69, 9.17) is 5.11 Å². The maximum atomic E-state index is 11.7. The Morgan fingerprint density at radius 3 is 2.84 bits per heavy atom. The van der Waals surface area contributed by atoms with E-state index in [-0.39, 0.29) is 0 Å². The van der Waals surface area contributed by atoms with Gasteiger partial charge in [0.25, 0.3) is 0 Å². The number of thioether (sulfide) groups is 1. The van der Waals surface area contributed by atoms with Crippen LogP contribution in [0, 0.1) is 6.92 Å². The molecule has 0 spiro atoms. The third kappa shape index (κ3) is 5.17. The van der Waals surface area contributed by atoms with Crippen LogP contribution in [0.2, 0.25) is 0 Å². The number of carbonyl (C=O) groups excluding carboxylic acids is 1. The lowest BCUT2D eigenvalue weighted by molar-refractivity contribution is -0.139. The molecule has 0 aromatic carbocycles. The summed E-state index contributed by atoms with van der Waals surface area (Å²) in [5, 5.41) is 14.0. The normalized spacial score (nSPS) is 11.7. The van der Waals surface area contributed by atoms with Crippen LogP contribution < -0.4 is 10.6 Å². The zero-order valence-electron chi connectivity index (χ0n) is 10.8. The number of rotatable bonds is 6. The number of pyridine rings is 1. The summed E-state index contributed by atoms with van der Waals surface area (Å²) in [4.78, 5) is 26.8. The lowest BCUT2D eigenvalue weighted by atomic mass is 10.2. The Morgan fingerprint density at radius 2 is 2.26 bits per heavy atom. The summed E-state index contributed by atoms with van der Waals surface area (Å²) < 4.78 is 0. The Kier molecular flexibility index (Phi) is 6.14. The smallest absolute Gasteiger partial charge is 0.326 e. The van der Waals surface area contributed by atoms with Crippen molar-refractivity contribution in [3.05, 3.63) is 24.0 Å². The van der Waals surface area contributed by atoms with Crippen LogP contribution >= 0.6 is 11.8 Å². The number of carboxylic acid groups (broad SMARTS) is 1. The highest BCUT2D eigenvalue weighted by Crippen LogP contribution is 2.10. The molecule has 0 fully saturated rings. The summed E-state index contributed by atoms with van der Waals surface area (Å²) in [5.41, 5.74) is 1.24. The molecule has 1 atom stereocenters. The fourth-order valence-corrected chi connectivity index (χ4v) is 1.90. The van der Waals surface area contributed by atoms with Crippen molar-refractivity contribution in [2.24, 2.45) is 0 Å². The molecule has 0 aliphatic rings. The predicted molar refractivity (Wildman–Crippen MR) is 75.6 cm³/mol. The van der Waals surface area contributed by atoms with E-state index in [2.05, 4.69) is 15.6 Å². The van der Waals surface area contributed by atoms with E-state index in [0.29, 0.717) is 23.6 Å². The van der Waals surface area contributed by atoms with E-state index in [9.17, 15) is 9.59 Å². The van der Waals surface area contributed by atoms with Crippen molar-refractivity contribution < 1.29 is 14.7 Å². The maximum absolute atomic E-state index is 11.7. The van der Waals surface area contributed by atoms with Crippen LogP contribution in [0.3, 0.4) is 0 Å². The molecule has 0 aliphatic carbocycles. The quantitative estimate of drug-likeness (QED) is 0.739. The third-order valence-corrected chi connectivity index (χ3v) is 3.11. The molecular formula is C12H17N3O3S. The number of aliphatic carboxylic acids is 1. The number of nitrogens with one attached hydrogen (secondary N) is 2. The summed E-state index contributed by atoms with van der Waals surface area (Å²) in [5.74, 6) is -0.365. The zero-order valence-corrected chi connectivity index (χ0v) is 11.7. The Morgan fingerprint density at radius 1 is 1.53 bits per heavy atom. The van der Waals surface area contributed by atoms with Gasteiger partial charge in [-0.2, -0.15) is 11.8 Å². The number of aromatic nitrogens is 1. The van der Waals surface area contributed by atoms with Crippen molar-refractivity contribution in [2.75, 3.05) is 17.3 Å².